The number of benzene rings is 2. The Morgan fingerprint density at radius 2 is 1.96 bits per heavy atom. The quantitative estimate of drug-likeness (QED) is 0.551. The molecule has 0 aliphatic heterocycles. The highest BCUT2D eigenvalue weighted by Gasteiger charge is 2.15. The van der Waals surface area contributed by atoms with Crippen molar-refractivity contribution in [3.63, 3.8) is 0 Å². The lowest BCUT2D eigenvalue weighted by atomic mass is 10.1. The maximum Gasteiger partial charge on any atom is 0.233 e. The van der Waals surface area contributed by atoms with Gasteiger partial charge in [-0.2, -0.15) is 0 Å². The number of hydrogen-bond acceptors (Lipinski definition) is 4. The summed E-state index contributed by atoms with van der Waals surface area (Å²) in [4.78, 5) is 18.7. The number of aromatic amines is 1. The van der Waals surface area contributed by atoms with Crippen molar-refractivity contribution < 1.29 is 4.79 Å². The van der Waals surface area contributed by atoms with E-state index in [2.05, 4.69) is 46.4 Å². The smallest absolute Gasteiger partial charge is 0.233 e. The van der Waals surface area contributed by atoms with E-state index in [0.717, 1.165) is 21.8 Å². The molecule has 4 aromatic rings. The molecule has 0 aliphatic rings. The number of para-hydroxylation sites is 2. The van der Waals surface area contributed by atoms with Crippen molar-refractivity contribution in [1.82, 2.24) is 24.5 Å². The van der Waals surface area contributed by atoms with E-state index in [1.165, 1.54) is 17.3 Å². The van der Waals surface area contributed by atoms with Crippen LogP contribution in [0.1, 0.15) is 11.1 Å². The first-order chi connectivity index (χ1) is 12.6. The molecular formula is C19H19N5OS. The number of aryl methyl sites for hydroxylation is 1. The zero-order valence-corrected chi connectivity index (χ0v) is 15.5. The number of carbonyl (C=O) groups excluding carboxylic acids is 1. The number of amides is 1. The molecule has 0 bridgehead atoms. The summed E-state index contributed by atoms with van der Waals surface area (Å²) in [5.41, 5.74) is 4.23. The van der Waals surface area contributed by atoms with Crippen molar-refractivity contribution in [2.45, 2.75) is 18.6 Å². The molecular weight excluding hydrogens is 346 g/mol. The van der Waals surface area contributed by atoms with E-state index in [0.29, 0.717) is 18.1 Å². The van der Waals surface area contributed by atoms with Crippen LogP contribution in [0.2, 0.25) is 0 Å². The normalized spacial score (nSPS) is 11.3. The van der Waals surface area contributed by atoms with Gasteiger partial charge in [0.1, 0.15) is 0 Å². The fraction of sp³-hybridized carbons (Fsp3) is 0.211. The number of nitrogens with one attached hydrogen (secondary N) is 1. The first-order valence-corrected chi connectivity index (χ1v) is 9.34. The Labute approximate surface area is 155 Å². The molecule has 2 heterocycles. The van der Waals surface area contributed by atoms with Gasteiger partial charge in [-0.15, -0.1) is 5.10 Å². The summed E-state index contributed by atoms with van der Waals surface area (Å²) < 4.78 is 1.95. The van der Waals surface area contributed by atoms with Crippen molar-refractivity contribution in [2.24, 2.45) is 0 Å². The van der Waals surface area contributed by atoms with E-state index < -0.39 is 0 Å². The molecule has 0 saturated carbocycles. The first-order valence-electron chi connectivity index (χ1n) is 8.36. The molecule has 132 valence electrons. The summed E-state index contributed by atoms with van der Waals surface area (Å²) in [7, 11) is 1.83. The summed E-state index contributed by atoms with van der Waals surface area (Å²) in [5, 5.41) is 7.97. The topological polar surface area (TPSA) is 66.3 Å². The molecule has 1 amide bonds. The maximum atomic E-state index is 12.5. The molecule has 0 saturated heterocycles. The number of fused-ring (bicyclic) bond motifs is 3. The molecule has 1 N–H and O–H groups in total. The van der Waals surface area contributed by atoms with Gasteiger partial charge in [-0.25, -0.2) is 10.1 Å². The number of aromatic nitrogens is 4. The Bertz CT molecular complexity index is 1070. The largest absolute Gasteiger partial charge is 0.341 e. The van der Waals surface area contributed by atoms with E-state index in [1.54, 1.807) is 4.90 Å². The summed E-state index contributed by atoms with van der Waals surface area (Å²) in [5.74, 6) is 1.08. The van der Waals surface area contributed by atoms with Crippen LogP contribution >= 0.6 is 11.8 Å². The number of thioether (sulfide) groups is 1. The Hall–Kier alpha value is -2.80. The van der Waals surface area contributed by atoms with Gasteiger partial charge < -0.3 is 4.90 Å². The number of rotatable bonds is 5. The van der Waals surface area contributed by atoms with Crippen molar-refractivity contribution in [3.8, 4) is 0 Å². The van der Waals surface area contributed by atoms with Gasteiger partial charge in [0.2, 0.25) is 11.7 Å². The fourth-order valence-corrected chi connectivity index (χ4v) is 3.73. The third kappa shape index (κ3) is 3.17. The number of hydrogen-bond donors (Lipinski definition) is 1. The molecule has 0 radical (unpaired) electrons. The standard InChI is InChI=1S/C19H19N5OS/c1-13-7-9-14(10-8-13)11-23(2)17(25)12-26-19-22-21-18-20-15-5-3-4-6-16(15)24(18)19/h3-10H,11-12H2,1-2H3,(H,20,21). The molecule has 6 nitrogen and oxygen atoms in total. The third-order valence-corrected chi connectivity index (χ3v) is 5.22. The van der Waals surface area contributed by atoms with Crippen molar-refractivity contribution >= 4 is 34.5 Å². The van der Waals surface area contributed by atoms with Crippen LogP contribution in [0.15, 0.2) is 53.7 Å². The summed E-state index contributed by atoms with van der Waals surface area (Å²) in [6.07, 6.45) is 0. The molecule has 0 fully saturated rings. The summed E-state index contributed by atoms with van der Waals surface area (Å²) >= 11 is 1.41. The van der Waals surface area contributed by atoms with Crippen LogP contribution in [0.25, 0.3) is 16.8 Å². The minimum Gasteiger partial charge on any atom is -0.341 e. The molecule has 0 atom stereocenters. The van der Waals surface area contributed by atoms with E-state index in [9.17, 15) is 4.79 Å². The van der Waals surface area contributed by atoms with E-state index in [-0.39, 0.29) is 5.91 Å². The van der Waals surface area contributed by atoms with Crippen LogP contribution in [0.4, 0.5) is 0 Å². The molecule has 2 aromatic carbocycles. The lowest BCUT2D eigenvalue weighted by molar-refractivity contribution is -0.127. The average molecular weight is 365 g/mol. The van der Waals surface area contributed by atoms with Crippen molar-refractivity contribution in [1.29, 1.82) is 0 Å². The predicted octanol–water partition coefficient (Wildman–Crippen LogP) is 3.27. The first kappa shape index (κ1) is 16.7. The van der Waals surface area contributed by atoms with Crippen LogP contribution < -0.4 is 0 Å². The molecule has 0 unspecified atom stereocenters. The molecule has 26 heavy (non-hydrogen) atoms. The van der Waals surface area contributed by atoms with Crippen LogP contribution in [-0.4, -0.2) is 43.2 Å². The van der Waals surface area contributed by atoms with E-state index >= 15 is 0 Å². The lowest BCUT2D eigenvalue weighted by Crippen LogP contribution is -2.27. The van der Waals surface area contributed by atoms with E-state index in [1.807, 2.05) is 35.7 Å². The highest BCUT2D eigenvalue weighted by molar-refractivity contribution is 7.99. The van der Waals surface area contributed by atoms with Gasteiger partial charge in [-0.05, 0) is 24.6 Å². The van der Waals surface area contributed by atoms with Gasteiger partial charge in [0.25, 0.3) is 0 Å². The zero-order chi connectivity index (χ0) is 18.1. The zero-order valence-electron chi connectivity index (χ0n) is 14.6. The average Bonchev–Trinajstić information content (AvgIpc) is 3.20. The molecule has 7 heteroatoms. The number of carbonyl (C=O) groups is 1. The molecule has 2 aromatic heterocycles. The minimum atomic E-state index is 0.0659. The second-order valence-corrected chi connectivity index (χ2v) is 7.23. The molecule has 4 rings (SSSR count). The number of H-pyrrole nitrogens is 1. The fourth-order valence-electron chi connectivity index (χ4n) is 2.83. The van der Waals surface area contributed by atoms with Gasteiger partial charge in [-0.3, -0.25) is 9.20 Å². The Balaban J connectivity index is 1.45. The van der Waals surface area contributed by atoms with Crippen molar-refractivity contribution in [2.75, 3.05) is 12.8 Å². The van der Waals surface area contributed by atoms with Gasteiger partial charge in [-0.1, -0.05) is 53.7 Å². The van der Waals surface area contributed by atoms with Gasteiger partial charge in [0, 0.05) is 13.6 Å². The Kier molecular flexibility index (Phi) is 4.38. The van der Waals surface area contributed by atoms with Gasteiger partial charge in [0.15, 0.2) is 5.16 Å². The molecule has 0 spiro atoms. The van der Waals surface area contributed by atoms with Crippen LogP contribution in [-0.2, 0) is 11.3 Å². The van der Waals surface area contributed by atoms with E-state index in [4.69, 9.17) is 0 Å². The van der Waals surface area contributed by atoms with Crippen LogP contribution in [0, 0.1) is 6.92 Å². The van der Waals surface area contributed by atoms with Gasteiger partial charge >= 0.3 is 0 Å². The van der Waals surface area contributed by atoms with Gasteiger partial charge in [0.05, 0.1) is 16.8 Å². The second-order valence-electron chi connectivity index (χ2n) is 6.29. The lowest BCUT2D eigenvalue weighted by Gasteiger charge is -2.17. The number of nitrogens with zero attached hydrogens (tertiary/aromatic N) is 4. The van der Waals surface area contributed by atoms with Crippen molar-refractivity contribution in [3.05, 3.63) is 59.7 Å². The van der Waals surface area contributed by atoms with Crippen LogP contribution in [0.5, 0.6) is 0 Å². The molecule has 0 aliphatic carbocycles. The second kappa shape index (κ2) is 6.84. The maximum absolute atomic E-state index is 12.5. The monoisotopic (exact) mass is 365 g/mol. The number of imidazole rings is 1. The minimum absolute atomic E-state index is 0.0659. The Morgan fingerprint density at radius 1 is 1.19 bits per heavy atom. The summed E-state index contributed by atoms with van der Waals surface area (Å²) in [6.45, 7) is 2.66. The predicted molar refractivity (Wildman–Crippen MR) is 103 cm³/mol. The third-order valence-electron chi connectivity index (χ3n) is 4.29. The SMILES string of the molecule is Cc1ccc(CN(C)C(=O)CSc2n[nH]c3nc4ccccc4n23)cc1. The summed E-state index contributed by atoms with van der Waals surface area (Å²) in [6, 6.07) is 16.1. The Morgan fingerprint density at radius 3 is 2.77 bits per heavy atom. The highest BCUT2D eigenvalue weighted by atomic mass is 32.2. The van der Waals surface area contributed by atoms with Crippen LogP contribution in [0.3, 0.4) is 0 Å². The highest BCUT2D eigenvalue weighted by Crippen LogP contribution is 2.23.